The molecule has 1 aromatic heterocycles. The third kappa shape index (κ3) is 3.52. The minimum absolute atomic E-state index is 0.0311. The molecule has 1 aromatic rings. The first-order valence-electron chi connectivity index (χ1n) is 6.51. The Hall–Kier alpha value is -1.92. The highest BCUT2D eigenvalue weighted by Crippen LogP contribution is 2.23. The van der Waals surface area contributed by atoms with E-state index < -0.39 is 11.9 Å². The zero-order valence-corrected chi connectivity index (χ0v) is 10.9. The van der Waals surface area contributed by atoms with Gasteiger partial charge in [0.15, 0.2) is 6.04 Å². The summed E-state index contributed by atoms with van der Waals surface area (Å²) in [5, 5.41) is 15.2. The predicted octanol–water partition coefficient (Wildman–Crippen LogP) is 0.421. The number of hydrogen-bond donors (Lipinski definition) is 0. The molecule has 0 N–H and O–H groups in total. The Morgan fingerprint density at radius 1 is 1.58 bits per heavy atom. The molecule has 0 spiro atoms. The monoisotopic (exact) mass is 267 g/mol. The number of carbonyl (C=O) groups excluding carboxylic acids is 1. The predicted molar refractivity (Wildman–Crippen MR) is 62.5 cm³/mol. The Labute approximate surface area is 110 Å². The molecule has 104 valence electrons. The second-order valence-corrected chi connectivity index (χ2v) is 4.45. The molecule has 1 aliphatic carbocycles. The number of aromatic nitrogens is 2. The average Bonchev–Trinajstić information content (AvgIpc) is 2.88. The second-order valence-electron chi connectivity index (χ2n) is 4.45. The van der Waals surface area contributed by atoms with Crippen molar-refractivity contribution in [2.45, 2.75) is 45.1 Å². The van der Waals surface area contributed by atoms with Gasteiger partial charge in [-0.1, -0.05) is 6.42 Å². The molecule has 7 heteroatoms. The summed E-state index contributed by atoms with van der Waals surface area (Å²) in [6.45, 7) is 1.76. The van der Waals surface area contributed by atoms with E-state index in [9.17, 15) is 9.90 Å². The van der Waals surface area contributed by atoms with Crippen molar-refractivity contribution in [3.8, 4) is 0 Å². The van der Waals surface area contributed by atoms with Gasteiger partial charge in [0.1, 0.15) is 0 Å². The second kappa shape index (κ2) is 6.31. The summed E-state index contributed by atoms with van der Waals surface area (Å²) < 4.78 is 11.2. The summed E-state index contributed by atoms with van der Waals surface area (Å²) in [7, 11) is 0. The third-order valence-electron chi connectivity index (χ3n) is 3.08. The summed E-state index contributed by atoms with van der Waals surface area (Å²) in [6, 6.07) is 0.291. The molecule has 0 unspecified atom stereocenters. The van der Waals surface area contributed by atoms with Crippen LogP contribution in [-0.4, -0.2) is 23.7 Å². The molecule has 0 aliphatic heterocycles. The van der Waals surface area contributed by atoms with Crippen LogP contribution in [0, 0.1) is 0 Å². The molecule has 0 aromatic carbocycles. The fraction of sp³-hybridized carbons (Fsp3) is 0.667. The first-order valence-corrected chi connectivity index (χ1v) is 6.51. The summed E-state index contributed by atoms with van der Waals surface area (Å²) in [4.78, 5) is 14.7. The Balaban J connectivity index is 2.04. The van der Waals surface area contributed by atoms with Crippen LogP contribution in [0.2, 0.25) is 0 Å². The van der Waals surface area contributed by atoms with Crippen LogP contribution in [0.1, 0.15) is 45.1 Å². The van der Waals surface area contributed by atoms with E-state index in [1.807, 2.05) is 0 Å². The van der Waals surface area contributed by atoms with Crippen LogP contribution in [0.25, 0.3) is 0 Å². The summed E-state index contributed by atoms with van der Waals surface area (Å²) >= 11 is 0. The minimum Gasteiger partial charge on any atom is -0.853 e. The lowest BCUT2D eigenvalue weighted by atomic mass is 9.96. The number of aliphatic imine (C=N–C) groups is 1. The maximum atomic E-state index is 11.3. The molecule has 0 amide bonds. The van der Waals surface area contributed by atoms with E-state index >= 15 is 0 Å². The Bertz CT molecular complexity index is 463. The maximum Gasteiger partial charge on any atom is 0.341 e. The van der Waals surface area contributed by atoms with E-state index in [1.54, 1.807) is 17.8 Å². The van der Waals surface area contributed by atoms with Gasteiger partial charge in [0.25, 0.3) is 6.20 Å². The standard InChI is InChI=1S/C12H17N3O4/c1-2-18-12(17)11(16)13-10-8-15(14-19-10)9-6-4-3-5-7-9/h8-9H,2-7H2,1H3. The number of carbonyl (C=O) groups is 1. The molecule has 19 heavy (non-hydrogen) atoms. The third-order valence-corrected chi connectivity index (χ3v) is 3.08. The average molecular weight is 267 g/mol. The van der Waals surface area contributed by atoms with Gasteiger partial charge in [-0.2, -0.15) is 0 Å². The van der Waals surface area contributed by atoms with Crippen molar-refractivity contribution < 1.29 is 23.8 Å². The van der Waals surface area contributed by atoms with Gasteiger partial charge >= 0.3 is 11.9 Å². The van der Waals surface area contributed by atoms with Crippen LogP contribution in [-0.2, 0) is 9.53 Å². The van der Waals surface area contributed by atoms with E-state index in [0.29, 0.717) is 6.04 Å². The van der Waals surface area contributed by atoms with E-state index in [4.69, 9.17) is 4.52 Å². The lowest BCUT2D eigenvalue weighted by molar-refractivity contribution is -0.787. The smallest absolute Gasteiger partial charge is 0.341 e. The van der Waals surface area contributed by atoms with Crippen molar-refractivity contribution in [2.75, 3.05) is 6.61 Å². The number of rotatable bonds is 3. The number of ether oxygens (including phenoxy) is 1. The highest BCUT2D eigenvalue weighted by atomic mass is 16.5. The topological polar surface area (TPSA) is 91.6 Å². The molecular formula is C12H17N3O4. The first kappa shape index (κ1) is 13.5. The van der Waals surface area contributed by atoms with Crippen LogP contribution in [0.15, 0.2) is 15.7 Å². The zero-order chi connectivity index (χ0) is 13.7. The summed E-state index contributed by atoms with van der Waals surface area (Å²) in [6.07, 6.45) is 7.21. The number of nitrogens with zero attached hydrogens (tertiary/aromatic N) is 3. The first-order chi connectivity index (χ1) is 9.20. The van der Waals surface area contributed by atoms with Gasteiger partial charge < -0.3 is 9.84 Å². The van der Waals surface area contributed by atoms with Crippen molar-refractivity contribution in [2.24, 2.45) is 4.99 Å². The SMILES string of the molecule is CCOC(=O)/C([O-])=N/c1c[n+](C2CCCCC2)no1. The lowest BCUT2D eigenvalue weighted by Gasteiger charge is -2.12. The summed E-state index contributed by atoms with van der Waals surface area (Å²) in [5.74, 6) is -1.93. The van der Waals surface area contributed by atoms with Crippen molar-refractivity contribution in [1.82, 2.24) is 5.27 Å². The maximum absolute atomic E-state index is 11.3. The molecule has 7 nitrogen and oxygen atoms in total. The van der Waals surface area contributed by atoms with Gasteiger partial charge in [0.05, 0.1) is 12.5 Å². The molecule has 1 aliphatic rings. The van der Waals surface area contributed by atoms with Crippen molar-refractivity contribution in [3.63, 3.8) is 0 Å². The summed E-state index contributed by atoms with van der Waals surface area (Å²) in [5.41, 5.74) is 0. The fourth-order valence-electron chi connectivity index (χ4n) is 2.15. The Kier molecular flexibility index (Phi) is 4.48. The zero-order valence-electron chi connectivity index (χ0n) is 10.9. The van der Waals surface area contributed by atoms with E-state index in [2.05, 4.69) is 15.0 Å². The molecule has 1 heterocycles. The molecule has 0 atom stereocenters. The van der Waals surface area contributed by atoms with Crippen LogP contribution < -0.4 is 9.79 Å². The Morgan fingerprint density at radius 3 is 3.00 bits per heavy atom. The highest BCUT2D eigenvalue weighted by molar-refractivity contribution is 6.30. The van der Waals surface area contributed by atoms with Gasteiger partial charge in [-0.25, -0.2) is 9.79 Å². The minimum atomic E-state index is -0.983. The highest BCUT2D eigenvalue weighted by Gasteiger charge is 2.26. The van der Waals surface area contributed by atoms with Crippen molar-refractivity contribution >= 4 is 17.8 Å². The van der Waals surface area contributed by atoms with E-state index in [1.165, 1.54) is 19.3 Å². The van der Waals surface area contributed by atoms with E-state index in [-0.39, 0.29) is 12.5 Å². The van der Waals surface area contributed by atoms with Crippen molar-refractivity contribution in [1.29, 1.82) is 0 Å². The van der Waals surface area contributed by atoms with Gasteiger partial charge in [-0.15, -0.1) is 0 Å². The molecule has 0 radical (unpaired) electrons. The number of hydrogen-bond acceptors (Lipinski definition) is 6. The van der Waals surface area contributed by atoms with Crippen LogP contribution in [0.4, 0.5) is 5.88 Å². The molecule has 0 saturated heterocycles. The van der Waals surface area contributed by atoms with Gasteiger partial charge in [0, 0.05) is 12.8 Å². The van der Waals surface area contributed by atoms with Crippen LogP contribution >= 0.6 is 0 Å². The van der Waals surface area contributed by atoms with Crippen molar-refractivity contribution in [3.05, 3.63) is 6.20 Å². The molecule has 2 rings (SSSR count). The largest absolute Gasteiger partial charge is 0.853 e. The fourth-order valence-corrected chi connectivity index (χ4v) is 2.15. The van der Waals surface area contributed by atoms with Crippen LogP contribution in [0.3, 0.4) is 0 Å². The molecule has 0 bridgehead atoms. The van der Waals surface area contributed by atoms with E-state index in [0.717, 1.165) is 12.8 Å². The Morgan fingerprint density at radius 2 is 2.32 bits per heavy atom. The van der Waals surface area contributed by atoms with Crippen LogP contribution in [0.5, 0.6) is 0 Å². The molecule has 1 saturated carbocycles. The lowest BCUT2D eigenvalue weighted by Crippen LogP contribution is -2.41. The normalized spacial score (nSPS) is 17.4. The molecular weight excluding hydrogens is 250 g/mol. The molecule has 1 fully saturated rings. The van der Waals surface area contributed by atoms with Gasteiger partial charge in [-0.3, -0.25) is 4.52 Å². The van der Waals surface area contributed by atoms with Gasteiger partial charge in [-0.05, 0) is 24.4 Å². The van der Waals surface area contributed by atoms with Gasteiger partial charge in [0.2, 0.25) is 5.27 Å². The number of esters is 1. The quantitative estimate of drug-likeness (QED) is 0.342.